The molecule has 3 nitrogen and oxygen atoms in total. The summed E-state index contributed by atoms with van der Waals surface area (Å²) in [5, 5.41) is 0.0984. The van der Waals surface area contributed by atoms with Gasteiger partial charge in [-0.3, -0.25) is 0 Å². The lowest BCUT2D eigenvalue weighted by molar-refractivity contribution is 0.428. The summed E-state index contributed by atoms with van der Waals surface area (Å²) >= 11 is 7.53. The summed E-state index contributed by atoms with van der Waals surface area (Å²) in [6.45, 7) is 2.95. The average molecular weight is 400 g/mol. The normalized spacial score (nSPS) is 19.6. The van der Waals surface area contributed by atoms with E-state index in [-0.39, 0.29) is 15.2 Å². The molecule has 2 aromatic carbocycles. The minimum Gasteiger partial charge on any atom is -0.207 e. The largest absolute Gasteiger partial charge is 0.243 e. The van der Waals surface area contributed by atoms with Crippen LogP contribution in [0.1, 0.15) is 22.8 Å². The fraction of sp³-hybridized carbons (Fsp3) is 0.333. The molecule has 7 heteroatoms. The van der Waals surface area contributed by atoms with Crippen molar-refractivity contribution in [2.45, 2.75) is 23.5 Å². The van der Waals surface area contributed by atoms with Crippen LogP contribution in [0, 0.1) is 12.7 Å². The van der Waals surface area contributed by atoms with Gasteiger partial charge >= 0.3 is 0 Å². The van der Waals surface area contributed by atoms with Gasteiger partial charge < -0.3 is 0 Å². The van der Waals surface area contributed by atoms with Crippen LogP contribution in [-0.4, -0.2) is 31.6 Å². The van der Waals surface area contributed by atoms with Crippen LogP contribution >= 0.6 is 23.4 Å². The third-order valence-corrected chi connectivity index (χ3v) is 7.86. The van der Waals surface area contributed by atoms with E-state index in [1.54, 1.807) is 11.8 Å². The maximum atomic E-state index is 13.3. The molecule has 0 saturated carbocycles. The summed E-state index contributed by atoms with van der Waals surface area (Å²) in [7, 11) is -3.67. The van der Waals surface area contributed by atoms with Crippen LogP contribution in [0.2, 0.25) is 5.02 Å². The summed E-state index contributed by atoms with van der Waals surface area (Å²) in [5.41, 5.74) is 2.48. The molecule has 1 unspecified atom stereocenters. The summed E-state index contributed by atoms with van der Waals surface area (Å²) in [6.07, 6.45) is 0.740. The van der Waals surface area contributed by atoms with Crippen molar-refractivity contribution in [1.29, 1.82) is 0 Å². The molecule has 1 aliphatic rings. The van der Waals surface area contributed by atoms with Crippen LogP contribution in [0.25, 0.3) is 0 Å². The highest BCUT2D eigenvalue weighted by Crippen LogP contribution is 2.37. The zero-order valence-electron chi connectivity index (χ0n) is 13.8. The fourth-order valence-corrected chi connectivity index (χ4v) is 6.14. The quantitative estimate of drug-likeness (QED) is 0.753. The van der Waals surface area contributed by atoms with Crippen molar-refractivity contribution in [1.82, 2.24) is 4.31 Å². The molecule has 1 aliphatic heterocycles. The molecule has 0 aromatic heterocycles. The number of aryl methyl sites for hydroxylation is 1. The molecule has 1 atom stereocenters. The van der Waals surface area contributed by atoms with Gasteiger partial charge in [0, 0.05) is 24.1 Å². The standard InChI is InChI=1S/C18H19ClFNO2S2/c1-13-4-2-3-5-15(13)18-8-9-21(10-11-24-18)25(22,23)14-6-7-17(20)16(19)12-14/h2-7,12,18H,8-11H2,1H3. The highest BCUT2D eigenvalue weighted by atomic mass is 35.5. The molecule has 0 aliphatic carbocycles. The molecule has 3 rings (SSSR count). The number of hydrogen-bond acceptors (Lipinski definition) is 3. The van der Waals surface area contributed by atoms with E-state index in [2.05, 4.69) is 19.1 Å². The SMILES string of the molecule is Cc1ccccc1C1CCN(S(=O)(=O)c2ccc(F)c(Cl)c2)CCS1. The summed E-state index contributed by atoms with van der Waals surface area (Å²) in [4.78, 5) is 0.0400. The molecule has 0 amide bonds. The molecular weight excluding hydrogens is 381 g/mol. The molecule has 1 fully saturated rings. The molecule has 0 spiro atoms. The molecule has 1 saturated heterocycles. The van der Waals surface area contributed by atoms with Gasteiger partial charge in [-0.25, -0.2) is 12.8 Å². The maximum absolute atomic E-state index is 13.3. The molecule has 25 heavy (non-hydrogen) atoms. The monoisotopic (exact) mass is 399 g/mol. The Bertz CT molecular complexity index is 873. The van der Waals surface area contributed by atoms with E-state index in [9.17, 15) is 12.8 Å². The second-order valence-electron chi connectivity index (χ2n) is 5.98. The first-order valence-electron chi connectivity index (χ1n) is 8.02. The molecule has 2 aromatic rings. The number of rotatable bonds is 3. The van der Waals surface area contributed by atoms with E-state index in [0.717, 1.165) is 12.5 Å². The number of thioether (sulfide) groups is 1. The Morgan fingerprint density at radius 3 is 2.68 bits per heavy atom. The van der Waals surface area contributed by atoms with E-state index >= 15 is 0 Å². The molecule has 0 N–H and O–H groups in total. The highest BCUT2D eigenvalue weighted by Gasteiger charge is 2.29. The van der Waals surface area contributed by atoms with Gasteiger partial charge in [0.15, 0.2) is 0 Å². The molecule has 1 heterocycles. The Morgan fingerprint density at radius 1 is 1.20 bits per heavy atom. The summed E-state index contributed by atoms with van der Waals surface area (Å²) in [5.74, 6) is 0.0966. The van der Waals surface area contributed by atoms with Crippen molar-refractivity contribution >= 4 is 33.4 Å². The van der Waals surface area contributed by atoms with Crippen molar-refractivity contribution < 1.29 is 12.8 Å². The highest BCUT2D eigenvalue weighted by molar-refractivity contribution is 7.99. The smallest absolute Gasteiger partial charge is 0.207 e. The zero-order valence-corrected chi connectivity index (χ0v) is 16.2. The Kier molecular flexibility index (Phi) is 5.73. The van der Waals surface area contributed by atoms with Crippen LogP contribution in [0.3, 0.4) is 0 Å². The lowest BCUT2D eigenvalue weighted by Crippen LogP contribution is -2.33. The Balaban J connectivity index is 1.80. The number of nitrogens with zero attached hydrogens (tertiary/aromatic N) is 1. The van der Waals surface area contributed by atoms with Gasteiger partial charge in [0.05, 0.1) is 9.92 Å². The van der Waals surface area contributed by atoms with Crippen molar-refractivity contribution in [2.75, 3.05) is 18.8 Å². The molecule has 0 bridgehead atoms. The first kappa shape index (κ1) is 18.7. The number of sulfonamides is 1. The minimum atomic E-state index is -3.67. The molecular formula is C18H19ClFNO2S2. The first-order valence-corrected chi connectivity index (χ1v) is 10.9. The zero-order chi connectivity index (χ0) is 18.0. The van der Waals surface area contributed by atoms with Gasteiger partial charge in [0.1, 0.15) is 5.82 Å². The molecule has 134 valence electrons. The fourth-order valence-electron chi connectivity index (χ4n) is 2.97. The van der Waals surface area contributed by atoms with E-state index < -0.39 is 15.8 Å². The second-order valence-corrected chi connectivity index (χ2v) is 9.64. The predicted molar refractivity (Wildman–Crippen MR) is 101 cm³/mol. The number of benzene rings is 2. The van der Waals surface area contributed by atoms with Crippen LogP contribution < -0.4 is 0 Å². The van der Waals surface area contributed by atoms with Gasteiger partial charge in [0.25, 0.3) is 0 Å². The third kappa shape index (κ3) is 4.03. The second kappa shape index (κ2) is 7.66. The van der Waals surface area contributed by atoms with Gasteiger partial charge in [0.2, 0.25) is 10.0 Å². The lowest BCUT2D eigenvalue weighted by Gasteiger charge is -2.20. The number of hydrogen-bond donors (Lipinski definition) is 0. The third-order valence-electron chi connectivity index (χ3n) is 4.36. The van der Waals surface area contributed by atoms with Crippen molar-refractivity contribution in [2.24, 2.45) is 0 Å². The van der Waals surface area contributed by atoms with Gasteiger partial charge in [-0.05, 0) is 42.7 Å². The van der Waals surface area contributed by atoms with E-state index in [1.807, 2.05) is 12.1 Å². The van der Waals surface area contributed by atoms with Crippen LogP contribution in [0.5, 0.6) is 0 Å². The van der Waals surface area contributed by atoms with Gasteiger partial charge in [-0.1, -0.05) is 35.9 Å². The van der Waals surface area contributed by atoms with E-state index in [4.69, 9.17) is 11.6 Å². The Hall–Kier alpha value is -1.08. The van der Waals surface area contributed by atoms with Crippen molar-refractivity contribution in [3.63, 3.8) is 0 Å². The van der Waals surface area contributed by atoms with E-state index in [1.165, 1.54) is 27.6 Å². The maximum Gasteiger partial charge on any atom is 0.243 e. The van der Waals surface area contributed by atoms with Crippen LogP contribution in [-0.2, 0) is 10.0 Å². The van der Waals surface area contributed by atoms with Crippen molar-refractivity contribution in [3.05, 3.63) is 64.4 Å². The lowest BCUT2D eigenvalue weighted by atomic mass is 10.0. The first-order chi connectivity index (χ1) is 11.9. The van der Waals surface area contributed by atoms with Crippen LogP contribution in [0.15, 0.2) is 47.4 Å². The Labute approximate surface area is 157 Å². The van der Waals surface area contributed by atoms with E-state index in [0.29, 0.717) is 18.8 Å². The van der Waals surface area contributed by atoms with Crippen LogP contribution in [0.4, 0.5) is 4.39 Å². The summed E-state index contributed by atoms with van der Waals surface area (Å²) < 4.78 is 40.5. The van der Waals surface area contributed by atoms with Crippen molar-refractivity contribution in [3.8, 4) is 0 Å². The number of halogens is 2. The molecule has 0 radical (unpaired) electrons. The topological polar surface area (TPSA) is 37.4 Å². The minimum absolute atomic E-state index is 0.0400. The van der Waals surface area contributed by atoms with Gasteiger partial charge in [-0.2, -0.15) is 16.1 Å². The Morgan fingerprint density at radius 2 is 1.96 bits per heavy atom. The summed E-state index contributed by atoms with van der Waals surface area (Å²) in [6, 6.07) is 11.8. The average Bonchev–Trinajstić information content (AvgIpc) is 2.84. The predicted octanol–water partition coefficient (Wildman–Crippen LogP) is 4.66. The van der Waals surface area contributed by atoms with Gasteiger partial charge in [-0.15, -0.1) is 0 Å².